The molecular weight excluding hydrogens is 270 g/mol. The summed E-state index contributed by atoms with van der Waals surface area (Å²) in [6.07, 6.45) is 2.32. The minimum Gasteiger partial charge on any atom is -0.383 e. The van der Waals surface area contributed by atoms with Crippen LogP contribution in [-0.2, 0) is 11.2 Å². The first-order valence-corrected chi connectivity index (χ1v) is 6.90. The van der Waals surface area contributed by atoms with Crippen molar-refractivity contribution in [2.24, 2.45) is 0 Å². The minimum atomic E-state index is -0.393. The first-order valence-electron chi connectivity index (χ1n) is 6.90. The van der Waals surface area contributed by atoms with Crippen LogP contribution < -0.4 is 5.32 Å². The summed E-state index contributed by atoms with van der Waals surface area (Å²) in [6.45, 7) is 3.47. The Bertz CT molecular complexity index is 625. The molecule has 6 heteroatoms. The van der Waals surface area contributed by atoms with Gasteiger partial charge in [0, 0.05) is 30.8 Å². The Morgan fingerprint density at radius 3 is 2.90 bits per heavy atom. The molecule has 112 valence electrons. The first kappa shape index (κ1) is 15.3. The second-order valence-electron chi connectivity index (χ2n) is 4.81. The van der Waals surface area contributed by atoms with Gasteiger partial charge in [-0.2, -0.15) is 0 Å². The molecule has 0 aliphatic rings. The van der Waals surface area contributed by atoms with Crippen LogP contribution in [0.25, 0.3) is 10.9 Å². The van der Waals surface area contributed by atoms with Gasteiger partial charge in [-0.1, -0.05) is 19.1 Å². The van der Waals surface area contributed by atoms with Gasteiger partial charge in [0.05, 0.1) is 11.5 Å². The van der Waals surface area contributed by atoms with E-state index in [2.05, 4.69) is 10.3 Å². The number of nitrogens with zero attached hydrogens (tertiary/aromatic N) is 2. The van der Waals surface area contributed by atoms with E-state index in [1.165, 1.54) is 6.07 Å². The number of rotatable bonds is 7. The molecule has 0 spiro atoms. The summed E-state index contributed by atoms with van der Waals surface area (Å²) in [6, 6.07) is 7.18. The summed E-state index contributed by atoms with van der Waals surface area (Å²) in [5, 5.41) is 15.3. The average molecular weight is 289 g/mol. The van der Waals surface area contributed by atoms with Crippen molar-refractivity contribution in [1.82, 2.24) is 10.3 Å². The van der Waals surface area contributed by atoms with Crippen LogP contribution in [0.3, 0.4) is 0 Å². The van der Waals surface area contributed by atoms with Gasteiger partial charge in [-0.15, -0.1) is 0 Å². The van der Waals surface area contributed by atoms with Gasteiger partial charge in [-0.05, 0) is 24.6 Å². The Hall–Kier alpha value is -2.05. The van der Waals surface area contributed by atoms with E-state index >= 15 is 0 Å². The van der Waals surface area contributed by atoms with E-state index < -0.39 is 4.92 Å². The number of ether oxygens (including phenoxy) is 1. The number of nitrogens with one attached hydrogen (secondary N) is 1. The molecule has 1 heterocycles. The lowest BCUT2D eigenvalue weighted by atomic mass is 10.0. The lowest BCUT2D eigenvalue weighted by molar-refractivity contribution is -0.383. The second-order valence-corrected chi connectivity index (χ2v) is 4.81. The molecule has 0 radical (unpaired) electrons. The Morgan fingerprint density at radius 1 is 1.43 bits per heavy atom. The number of fused-ring (bicyclic) bond motifs is 1. The molecule has 0 saturated carbocycles. The van der Waals surface area contributed by atoms with E-state index in [9.17, 15) is 10.1 Å². The summed E-state index contributed by atoms with van der Waals surface area (Å²) in [5.41, 5.74) is 1.51. The van der Waals surface area contributed by atoms with Crippen LogP contribution in [0.4, 0.5) is 5.69 Å². The zero-order valence-corrected chi connectivity index (χ0v) is 12.2. The number of benzene rings is 1. The first-order chi connectivity index (χ1) is 10.2. The van der Waals surface area contributed by atoms with E-state index in [1.54, 1.807) is 19.4 Å². The van der Waals surface area contributed by atoms with Crippen molar-refractivity contribution in [1.29, 1.82) is 0 Å². The molecule has 1 aromatic carbocycles. The van der Waals surface area contributed by atoms with Crippen molar-refractivity contribution in [3.63, 3.8) is 0 Å². The number of hydrogen-bond acceptors (Lipinski definition) is 5. The maximum Gasteiger partial charge on any atom is 0.295 e. The van der Waals surface area contributed by atoms with Gasteiger partial charge >= 0.3 is 0 Å². The van der Waals surface area contributed by atoms with E-state index in [-0.39, 0.29) is 11.7 Å². The van der Waals surface area contributed by atoms with Crippen LogP contribution >= 0.6 is 0 Å². The molecule has 2 aromatic rings. The average Bonchev–Trinajstić information content (AvgIpc) is 2.47. The van der Waals surface area contributed by atoms with Crippen molar-refractivity contribution in [3.05, 3.63) is 46.1 Å². The summed E-state index contributed by atoms with van der Waals surface area (Å²) in [4.78, 5) is 14.9. The van der Waals surface area contributed by atoms with Crippen molar-refractivity contribution >= 4 is 16.6 Å². The quantitative estimate of drug-likeness (QED) is 0.625. The second kappa shape index (κ2) is 7.10. The van der Waals surface area contributed by atoms with Crippen LogP contribution in [0.5, 0.6) is 0 Å². The van der Waals surface area contributed by atoms with E-state index in [4.69, 9.17) is 4.74 Å². The Morgan fingerprint density at radius 2 is 2.24 bits per heavy atom. The molecular formula is C15H19N3O3. The van der Waals surface area contributed by atoms with Gasteiger partial charge in [0.15, 0.2) is 0 Å². The SMILES string of the molecule is CCNC(COC)Cc1ccc([N+](=O)[O-])c2ncccc12. The molecule has 0 saturated heterocycles. The van der Waals surface area contributed by atoms with Crippen molar-refractivity contribution in [2.45, 2.75) is 19.4 Å². The number of likely N-dealkylation sites (N-methyl/N-ethyl adjacent to an activating group) is 1. The lowest BCUT2D eigenvalue weighted by Crippen LogP contribution is -2.35. The largest absolute Gasteiger partial charge is 0.383 e. The highest BCUT2D eigenvalue weighted by Crippen LogP contribution is 2.27. The fourth-order valence-corrected chi connectivity index (χ4v) is 2.49. The summed E-state index contributed by atoms with van der Waals surface area (Å²) in [7, 11) is 1.67. The molecule has 1 unspecified atom stereocenters. The molecule has 2 rings (SSSR count). The van der Waals surface area contributed by atoms with Crippen LogP contribution in [0, 0.1) is 10.1 Å². The Kier molecular flexibility index (Phi) is 5.19. The Labute approximate surface area is 123 Å². The van der Waals surface area contributed by atoms with Gasteiger partial charge in [-0.25, -0.2) is 4.98 Å². The number of nitro groups is 1. The number of aromatic nitrogens is 1. The van der Waals surface area contributed by atoms with Crippen molar-refractivity contribution in [3.8, 4) is 0 Å². The molecule has 0 fully saturated rings. The summed E-state index contributed by atoms with van der Waals surface area (Å²) >= 11 is 0. The molecule has 1 aromatic heterocycles. The number of nitro benzene ring substituents is 1. The standard InChI is InChI=1S/C15H19N3O3/c1-3-16-12(10-21-2)9-11-6-7-14(18(19)20)15-13(11)5-4-8-17-15/h4-8,12,16H,3,9-10H2,1-2H3. The number of non-ortho nitro benzene ring substituents is 1. The van der Waals surface area contributed by atoms with Crippen LogP contribution in [0.2, 0.25) is 0 Å². The highest BCUT2D eigenvalue weighted by atomic mass is 16.6. The smallest absolute Gasteiger partial charge is 0.295 e. The predicted octanol–water partition coefficient (Wildman–Crippen LogP) is 2.31. The zero-order valence-electron chi connectivity index (χ0n) is 12.2. The predicted molar refractivity (Wildman–Crippen MR) is 81.4 cm³/mol. The molecule has 6 nitrogen and oxygen atoms in total. The van der Waals surface area contributed by atoms with Gasteiger partial charge in [0.2, 0.25) is 0 Å². The van der Waals surface area contributed by atoms with E-state index in [0.29, 0.717) is 12.1 Å². The number of methoxy groups -OCH3 is 1. The summed E-state index contributed by atoms with van der Waals surface area (Å²) in [5.74, 6) is 0. The fourth-order valence-electron chi connectivity index (χ4n) is 2.49. The number of hydrogen-bond donors (Lipinski definition) is 1. The van der Waals surface area contributed by atoms with Gasteiger partial charge < -0.3 is 10.1 Å². The highest BCUT2D eigenvalue weighted by Gasteiger charge is 2.17. The maximum atomic E-state index is 11.1. The topological polar surface area (TPSA) is 77.3 Å². The van der Waals surface area contributed by atoms with Crippen molar-refractivity contribution < 1.29 is 9.66 Å². The minimum absolute atomic E-state index is 0.0427. The lowest BCUT2D eigenvalue weighted by Gasteiger charge is -2.17. The molecule has 1 atom stereocenters. The third kappa shape index (κ3) is 3.53. The van der Waals surface area contributed by atoms with Crippen LogP contribution in [0.1, 0.15) is 12.5 Å². The van der Waals surface area contributed by atoms with Crippen molar-refractivity contribution in [2.75, 3.05) is 20.3 Å². The fraction of sp³-hybridized carbons (Fsp3) is 0.400. The third-order valence-corrected chi connectivity index (χ3v) is 3.36. The van der Waals surface area contributed by atoms with Gasteiger partial charge in [-0.3, -0.25) is 10.1 Å². The summed E-state index contributed by atoms with van der Waals surface area (Å²) < 4.78 is 5.22. The van der Waals surface area contributed by atoms with Gasteiger partial charge in [0.1, 0.15) is 5.52 Å². The molecule has 21 heavy (non-hydrogen) atoms. The van der Waals surface area contributed by atoms with E-state index in [1.807, 2.05) is 19.1 Å². The van der Waals surface area contributed by atoms with Crippen LogP contribution in [0.15, 0.2) is 30.5 Å². The Balaban J connectivity index is 2.40. The number of pyridine rings is 1. The van der Waals surface area contributed by atoms with Gasteiger partial charge in [0.25, 0.3) is 5.69 Å². The normalized spacial score (nSPS) is 12.5. The van der Waals surface area contributed by atoms with E-state index in [0.717, 1.165) is 23.9 Å². The molecule has 0 aliphatic carbocycles. The molecule has 0 bridgehead atoms. The monoisotopic (exact) mass is 289 g/mol. The molecule has 0 aliphatic heterocycles. The highest BCUT2D eigenvalue weighted by molar-refractivity contribution is 5.89. The maximum absolute atomic E-state index is 11.1. The molecule has 1 N–H and O–H groups in total. The third-order valence-electron chi connectivity index (χ3n) is 3.36. The zero-order chi connectivity index (χ0) is 15.2. The van der Waals surface area contributed by atoms with Crippen LogP contribution in [-0.4, -0.2) is 36.2 Å². The molecule has 0 amide bonds.